The lowest BCUT2D eigenvalue weighted by molar-refractivity contribution is -0.141. The van der Waals surface area contributed by atoms with Gasteiger partial charge in [0.05, 0.1) is 29.6 Å². The number of carbonyl (C=O) groups excluding carboxylic acids is 1. The number of pyridine rings is 3. The Morgan fingerprint density at radius 3 is 2.69 bits per heavy atom. The van der Waals surface area contributed by atoms with E-state index in [1.807, 2.05) is 6.07 Å². The average molecular weight is 491 g/mol. The van der Waals surface area contributed by atoms with E-state index in [0.29, 0.717) is 45.7 Å². The minimum Gasteiger partial charge on any atom is -0.341 e. The van der Waals surface area contributed by atoms with Crippen LogP contribution in [0.2, 0.25) is 0 Å². The number of hydrogen-bond acceptors (Lipinski definition) is 8. The van der Waals surface area contributed by atoms with E-state index in [4.69, 9.17) is 0 Å². The van der Waals surface area contributed by atoms with Gasteiger partial charge < -0.3 is 15.6 Å². The maximum atomic E-state index is 13.0. The van der Waals surface area contributed by atoms with E-state index in [2.05, 4.69) is 45.5 Å². The molecule has 5 aromatic rings. The van der Waals surface area contributed by atoms with Crippen LogP contribution in [0.1, 0.15) is 21.7 Å². The van der Waals surface area contributed by atoms with Crippen molar-refractivity contribution in [1.82, 2.24) is 34.9 Å². The van der Waals surface area contributed by atoms with Gasteiger partial charge in [0.25, 0.3) is 5.91 Å². The Balaban J connectivity index is 1.43. The van der Waals surface area contributed by atoms with E-state index in [-0.39, 0.29) is 11.3 Å². The normalized spacial score (nSPS) is 11.4. The van der Waals surface area contributed by atoms with Crippen molar-refractivity contribution in [2.24, 2.45) is 0 Å². The highest BCUT2D eigenvalue weighted by atomic mass is 19.4. The van der Waals surface area contributed by atoms with Gasteiger partial charge in [-0.25, -0.2) is 19.9 Å². The maximum Gasteiger partial charge on any atom is 0.433 e. The molecule has 13 heteroatoms. The van der Waals surface area contributed by atoms with Crippen molar-refractivity contribution in [1.29, 1.82) is 0 Å². The molecule has 5 heterocycles. The number of halogens is 3. The Bertz CT molecular complexity index is 1580. The summed E-state index contributed by atoms with van der Waals surface area (Å²) in [7, 11) is 0. The van der Waals surface area contributed by atoms with Crippen molar-refractivity contribution in [3.63, 3.8) is 0 Å². The molecule has 36 heavy (non-hydrogen) atoms. The van der Waals surface area contributed by atoms with Crippen LogP contribution >= 0.6 is 0 Å². The minimum absolute atomic E-state index is 0.188. The van der Waals surface area contributed by atoms with E-state index in [1.54, 1.807) is 25.3 Å². The molecule has 0 saturated carbocycles. The Morgan fingerprint density at radius 2 is 1.86 bits per heavy atom. The lowest BCUT2D eigenvalue weighted by Gasteiger charge is -2.14. The second-order valence-electron chi connectivity index (χ2n) is 7.59. The first-order chi connectivity index (χ1) is 17.3. The lowest BCUT2D eigenvalue weighted by Crippen LogP contribution is -2.15. The first kappa shape index (κ1) is 22.8. The Hall–Kier alpha value is -4.94. The zero-order chi connectivity index (χ0) is 25.3. The summed E-state index contributed by atoms with van der Waals surface area (Å²) >= 11 is 0. The molecule has 5 rings (SSSR count). The number of anilines is 3. The first-order valence-corrected chi connectivity index (χ1v) is 10.5. The summed E-state index contributed by atoms with van der Waals surface area (Å²) in [5, 5.41) is 5.77. The van der Waals surface area contributed by atoms with Gasteiger partial charge in [-0.3, -0.25) is 14.8 Å². The number of hydrogen-bond donors (Lipinski definition) is 3. The van der Waals surface area contributed by atoms with E-state index >= 15 is 0 Å². The number of carbonyl (C=O) groups is 1. The molecular weight excluding hydrogens is 475 g/mol. The van der Waals surface area contributed by atoms with Gasteiger partial charge >= 0.3 is 6.18 Å². The molecule has 0 atom stereocenters. The van der Waals surface area contributed by atoms with Crippen LogP contribution in [0.5, 0.6) is 0 Å². The highest BCUT2D eigenvalue weighted by Crippen LogP contribution is 2.32. The van der Waals surface area contributed by atoms with Crippen LogP contribution in [0.4, 0.5) is 30.4 Å². The molecule has 0 aliphatic rings. The highest BCUT2D eigenvalue weighted by molar-refractivity contribution is 6.04. The molecule has 0 bridgehead atoms. The minimum atomic E-state index is -4.66. The summed E-state index contributed by atoms with van der Waals surface area (Å²) in [6.45, 7) is 1.76. The van der Waals surface area contributed by atoms with Gasteiger partial charge in [0.15, 0.2) is 5.65 Å². The number of aromatic nitrogens is 7. The fourth-order valence-corrected chi connectivity index (χ4v) is 3.45. The maximum absolute atomic E-state index is 13.0. The van der Waals surface area contributed by atoms with Gasteiger partial charge in [0.2, 0.25) is 0 Å². The molecule has 0 aliphatic carbocycles. The lowest BCUT2D eigenvalue weighted by atomic mass is 10.1. The Labute approximate surface area is 201 Å². The van der Waals surface area contributed by atoms with E-state index in [0.717, 1.165) is 6.20 Å². The predicted molar refractivity (Wildman–Crippen MR) is 124 cm³/mol. The summed E-state index contributed by atoms with van der Waals surface area (Å²) in [6, 6.07) is 7.08. The third kappa shape index (κ3) is 4.53. The highest BCUT2D eigenvalue weighted by Gasteiger charge is 2.33. The SMILES string of the molecule is Cc1ncc(NC(=O)c2ccnc(C(F)(F)F)c2)cc1Nc1ncccc1-c1ncnc2nc[nH]c12. The average Bonchev–Trinajstić information content (AvgIpc) is 3.35. The molecular formula is C23H16F3N9O. The van der Waals surface area contributed by atoms with Crippen molar-refractivity contribution >= 4 is 34.3 Å². The van der Waals surface area contributed by atoms with Gasteiger partial charge in [0.1, 0.15) is 29.0 Å². The van der Waals surface area contributed by atoms with Crippen molar-refractivity contribution in [2.75, 3.05) is 10.6 Å². The zero-order valence-electron chi connectivity index (χ0n) is 18.5. The van der Waals surface area contributed by atoms with Crippen molar-refractivity contribution in [3.05, 3.63) is 78.5 Å². The van der Waals surface area contributed by atoms with Gasteiger partial charge in [-0.2, -0.15) is 13.2 Å². The number of fused-ring (bicyclic) bond motifs is 1. The second-order valence-corrected chi connectivity index (χ2v) is 7.59. The number of nitrogens with zero attached hydrogens (tertiary/aromatic N) is 6. The molecule has 0 fully saturated rings. The number of H-pyrrole nitrogens is 1. The van der Waals surface area contributed by atoms with Gasteiger partial charge in [-0.05, 0) is 37.3 Å². The van der Waals surface area contributed by atoms with E-state index < -0.39 is 17.8 Å². The fourth-order valence-electron chi connectivity index (χ4n) is 3.45. The summed E-state index contributed by atoms with van der Waals surface area (Å²) in [5.74, 6) is -0.273. The molecule has 1 amide bonds. The third-order valence-corrected chi connectivity index (χ3v) is 5.20. The number of nitrogens with one attached hydrogen (secondary N) is 3. The molecule has 3 N–H and O–H groups in total. The molecule has 5 aromatic heterocycles. The number of aromatic amines is 1. The first-order valence-electron chi connectivity index (χ1n) is 10.5. The fraction of sp³-hybridized carbons (Fsp3) is 0.0870. The van der Waals surface area contributed by atoms with E-state index in [9.17, 15) is 18.0 Å². The molecule has 0 unspecified atom stereocenters. The molecule has 10 nitrogen and oxygen atoms in total. The summed E-state index contributed by atoms with van der Waals surface area (Å²) in [6.07, 6.45) is 2.21. The van der Waals surface area contributed by atoms with Crippen LogP contribution in [-0.4, -0.2) is 40.8 Å². The van der Waals surface area contributed by atoms with Crippen LogP contribution in [0.15, 0.2) is 61.6 Å². The standard InChI is InChI=1S/C23H16F3N9O/c1-12-16(8-14(9-29-12)34-22(36)13-4-6-27-17(7-13)23(24,25)26)35-20-15(3-2-5-28-20)18-19-21(32-10-30-18)33-11-31-19/h2-11H,1H3,(H,28,35)(H,34,36)(H,30,31,32,33). The second kappa shape index (κ2) is 9.02. The number of amides is 1. The topological polar surface area (TPSA) is 134 Å². The van der Waals surface area contributed by atoms with Crippen LogP contribution < -0.4 is 10.6 Å². The van der Waals surface area contributed by atoms with Crippen LogP contribution in [0.25, 0.3) is 22.4 Å². The smallest absolute Gasteiger partial charge is 0.341 e. The number of alkyl halides is 3. The van der Waals surface area contributed by atoms with E-state index in [1.165, 1.54) is 24.9 Å². The molecule has 180 valence electrons. The quantitative estimate of drug-likeness (QED) is 0.327. The van der Waals surface area contributed by atoms with Crippen molar-refractivity contribution in [2.45, 2.75) is 13.1 Å². The number of imidazole rings is 1. The van der Waals surface area contributed by atoms with Crippen LogP contribution in [0, 0.1) is 6.92 Å². The van der Waals surface area contributed by atoms with Gasteiger partial charge in [-0.1, -0.05) is 0 Å². The monoisotopic (exact) mass is 491 g/mol. The molecule has 0 saturated heterocycles. The Morgan fingerprint density at radius 1 is 1.00 bits per heavy atom. The van der Waals surface area contributed by atoms with Gasteiger partial charge in [0, 0.05) is 23.5 Å². The molecule has 0 radical (unpaired) electrons. The number of rotatable bonds is 5. The summed E-state index contributed by atoms with van der Waals surface area (Å²) in [5.41, 5.74) is 2.44. The van der Waals surface area contributed by atoms with Crippen molar-refractivity contribution in [3.8, 4) is 11.3 Å². The van der Waals surface area contributed by atoms with Crippen LogP contribution in [0.3, 0.4) is 0 Å². The number of aryl methyl sites for hydroxylation is 1. The molecule has 0 aromatic carbocycles. The van der Waals surface area contributed by atoms with Gasteiger partial charge in [-0.15, -0.1) is 0 Å². The van der Waals surface area contributed by atoms with Crippen LogP contribution in [-0.2, 0) is 6.18 Å². The summed E-state index contributed by atoms with van der Waals surface area (Å²) in [4.78, 5) is 40.2. The third-order valence-electron chi connectivity index (χ3n) is 5.20. The summed E-state index contributed by atoms with van der Waals surface area (Å²) < 4.78 is 38.9. The molecule has 0 spiro atoms. The largest absolute Gasteiger partial charge is 0.433 e. The zero-order valence-corrected chi connectivity index (χ0v) is 18.5. The Kier molecular flexibility index (Phi) is 5.72. The molecule has 0 aliphatic heterocycles. The predicted octanol–water partition coefficient (Wildman–Crippen LogP) is 4.53. The van der Waals surface area contributed by atoms with Crippen molar-refractivity contribution < 1.29 is 18.0 Å².